The van der Waals surface area contributed by atoms with E-state index in [1.54, 1.807) is 6.20 Å². The summed E-state index contributed by atoms with van der Waals surface area (Å²) in [5.41, 5.74) is 1.75. The van der Waals surface area contributed by atoms with Crippen LogP contribution in [-0.4, -0.2) is 28.1 Å². The van der Waals surface area contributed by atoms with Crippen molar-refractivity contribution in [3.05, 3.63) is 29.6 Å². The van der Waals surface area contributed by atoms with E-state index in [1.165, 1.54) is 0 Å². The van der Waals surface area contributed by atoms with Gasteiger partial charge in [0.15, 0.2) is 0 Å². The lowest BCUT2D eigenvalue weighted by Crippen LogP contribution is -2.45. The van der Waals surface area contributed by atoms with Gasteiger partial charge in [0, 0.05) is 6.20 Å². The highest BCUT2D eigenvalue weighted by molar-refractivity contribution is 5.82. The van der Waals surface area contributed by atoms with E-state index < -0.39 is 18.0 Å². The SMILES string of the molecule is CCCCC(NC(=O)NCc1ncccc1C)C(=O)O. The second-order valence-electron chi connectivity index (χ2n) is 4.63. The van der Waals surface area contributed by atoms with Gasteiger partial charge in [-0.25, -0.2) is 9.59 Å². The number of carbonyl (C=O) groups excluding carboxylic acids is 1. The Morgan fingerprint density at radius 2 is 2.20 bits per heavy atom. The molecule has 0 radical (unpaired) electrons. The van der Waals surface area contributed by atoms with Crippen LogP contribution < -0.4 is 10.6 Å². The number of aliphatic carboxylic acids is 1. The van der Waals surface area contributed by atoms with Gasteiger partial charge in [-0.1, -0.05) is 25.8 Å². The van der Waals surface area contributed by atoms with Gasteiger partial charge in [-0.3, -0.25) is 4.98 Å². The molecular weight excluding hydrogens is 258 g/mol. The zero-order valence-electron chi connectivity index (χ0n) is 11.8. The highest BCUT2D eigenvalue weighted by Crippen LogP contribution is 2.03. The van der Waals surface area contributed by atoms with Gasteiger partial charge in [0.1, 0.15) is 6.04 Å². The smallest absolute Gasteiger partial charge is 0.326 e. The zero-order chi connectivity index (χ0) is 15.0. The summed E-state index contributed by atoms with van der Waals surface area (Å²) in [6, 6.07) is 2.39. The number of carbonyl (C=O) groups is 2. The third kappa shape index (κ3) is 5.26. The number of amides is 2. The van der Waals surface area contributed by atoms with Crippen molar-refractivity contribution < 1.29 is 14.7 Å². The molecule has 1 aromatic heterocycles. The maximum atomic E-state index is 11.7. The van der Waals surface area contributed by atoms with Crippen LogP contribution in [0.4, 0.5) is 4.79 Å². The number of rotatable bonds is 7. The molecular formula is C14H21N3O3. The first-order chi connectivity index (χ1) is 9.54. The molecule has 20 heavy (non-hydrogen) atoms. The van der Waals surface area contributed by atoms with Gasteiger partial charge in [-0.15, -0.1) is 0 Å². The van der Waals surface area contributed by atoms with E-state index in [0.29, 0.717) is 6.42 Å². The molecule has 0 fully saturated rings. The number of carboxylic acid groups (broad SMARTS) is 1. The summed E-state index contributed by atoms with van der Waals surface area (Å²) in [4.78, 5) is 26.9. The fourth-order valence-corrected chi connectivity index (χ4v) is 1.74. The molecule has 0 saturated carbocycles. The Morgan fingerprint density at radius 1 is 1.45 bits per heavy atom. The lowest BCUT2D eigenvalue weighted by atomic mass is 10.1. The molecule has 0 spiro atoms. The molecule has 1 unspecified atom stereocenters. The minimum absolute atomic E-state index is 0.276. The minimum Gasteiger partial charge on any atom is -0.480 e. The molecule has 0 aliphatic rings. The van der Waals surface area contributed by atoms with Crippen molar-refractivity contribution in [1.82, 2.24) is 15.6 Å². The minimum atomic E-state index is -1.01. The molecule has 110 valence electrons. The summed E-state index contributed by atoms with van der Waals surface area (Å²) in [6.45, 7) is 4.16. The summed E-state index contributed by atoms with van der Waals surface area (Å²) in [7, 11) is 0. The van der Waals surface area contributed by atoms with Gasteiger partial charge < -0.3 is 15.7 Å². The Morgan fingerprint density at radius 3 is 2.80 bits per heavy atom. The number of pyridine rings is 1. The van der Waals surface area contributed by atoms with Crippen molar-refractivity contribution in [3.8, 4) is 0 Å². The Labute approximate surface area is 118 Å². The number of unbranched alkanes of at least 4 members (excludes halogenated alkanes) is 1. The van der Waals surface area contributed by atoms with Gasteiger partial charge in [0.05, 0.1) is 12.2 Å². The van der Waals surface area contributed by atoms with Crippen molar-refractivity contribution in [2.75, 3.05) is 0 Å². The number of carboxylic acids is 1. The first-order valence-corrected chi connectivity index (χ1v) is 6.72. The molecule has 0 aliphatic heterocycles. The molecule has 0 aromatic carbocycles. The van der Waals surface area contributed by atoms with Gasteiger partial charge in [0.25, 0.3) is 0 Å². The Balaban J connectivity index is 2.46. The quantitative estimate of drug-likeness (QED) is 0.710. The average molecular weight is 279 g/mol. The van der Waals surface area contributed by atoms with E-state index in [1.807, 2.05) is 26.0 Å². The molecule has 3 N–H and O–H groups in total. The molecule has 1 aromatic rings. The molecule has 1 rings (SSSR count). The molecule has 2 amide bonds. The van der Waals surface area contributed by atoms with E-state index in [0.717, 1.165) is 24.1 Å². The second-order valence-corrected chi connectivity index (χ2v) is 4.63. The standard InChI is InChI=1S/C14H21N3O3/c1-3-4-7-11(13(18)19)17-14(20)16-9-12-10(2)6-5-8-15-12/h5-6,8,11H,3-4,7,9H2,1-2H3,(H,18,19)(H2,16,17,20). The lowest BCUT2D eigenvalue weighted by Gasteiger charge is -2.15. The largest absolute Gasteiger partial charge is 0.480 e. The molecule has 1 heterocycles. The number of nitrogens with zero attached hydrogens (tertiary/aromatic N) is 1. The van der Waals surface area contributed by atoms with Crippen molar-refractivity contribution in [2.45, 2.75) is 45.7 Å². The van der Waals surface area contributed by atoms with Crippen LogP contribution in [0.25, 0.3) is 0 Å². The number of aromatic nitrogens is 1. The Hall–Kier alpha value is -2.11. The Kier molecular flexibility index (Phi) is 6.49. The van der Waals surface area contributed by atoms with Crippen molar-refractivity contribution in [3.63, 3.8) is 0 Å². The van der Waals surface area contributed by atoms with Crippen LogP contribution in [0.2, 0.25) is 0 Å². The van der Waals surface area contributed by atoms with Gasteiger partial charge in [-0.05, 0) is 25.0 Å². The normalized spacial score (nSPS) is 11.7. The molecule has 0 saturated heterocycles. The maximum Gasteiger partial charge on any atom is 0.326 e. The Bertz CT molecular complexity index is 463. The summed E-state index contributed by atoms with van der Waals surface area (Å²) in [5.74, 6) is -1.01. The maximum absolute atomic E-state index is 11.7. The van der Waals surface area contributed by atoms with Crippen LogP contribution in [0, 0.1) is 6.92 Å². The van der Waals surface area contributed by atoms with Gasteiger partial charge in [0.2, 0.25) is 0 Å². The molecule has 0 bridgehead atoms. The monoisotopic (exact) mass is 279 g/mol. The van der Waals surface area contributed by atoms with E-state index in [-0.39, 0.29) is 6.54 Å². The van der Waals surface area contributed by atoms with Crippen molar-refractivity contribution in [2.24, 2.45) is 0 Å². The summed E-state index contributed by atoms with van der Waals surface area (Å²) >= 11 is 0. The summed E-state index contributed by atoms with van der Waals surface area (Å²) < 4.78 is 0. The highest BCUT2D eigenvalue weighted by atomic mass is 16.4. The van der Waals surface area contributed by atoms with Crippen LogP contribution >= 0.6 is 0 Å². The molecule has 0 aliphatic carbocycles. The van der Waals surface area contributed by atoms with Crippen molar-refractivity contribution >= 4 is 12.0 Å². The van der Waals surface area contributed by atoms with Gasteiger partial charge in [-0.2, -0.15) is 0 Å². The second kappa shape index (κ2) is 8.14. The third-order valence-corrected chi connectivity index (χ3v) is 2.98. The number of nitrogens with one attached hydrogen (secondary N) is 2. The highest BCUT2D eigenvalue weighted by Gasteiger charge is 2.18. The van der Waals surface area contributed by atoms with E-state index in [9.17, 15) is 9.59 Å². The molecule has 6 nitrogen and oxygen atoms in total. The van der Waals surface area contributed by atoms with Crippen molar-refractivity contribution in [1.29, 1.82) is 0 Å². The third-order valence-electron chi connectivity index (χ3n) is 2.98. The van der Waals surface area contributed by atoms with Crippen LogP contribution in [0.3, 0.4) is 0 Å². The van der Waals surface area contributed by atoms with Gasteiger partial charge >= 0.3 is 12.0 Å². The molecule has 6 heteroatoms. The molecule has 1 atom stereocenters. The topological polar surface area (TPSA) is 91.3 Å². The lowest BCUT2D eigenvalue weighted by molar-refractivity contribution is -0.139. The van der Waals surface area contributed by atoms with E-state index in [2.05, 4.69) is 15.6 Å². The van der Waals surface area contributed by atoms with Crippen LogP contribution in [-0.2, 0) is 11.3 Å². The van der Waals surface area contributed by atoms with E-state index in [4.69, 9.17) is 5.11 Å². The van der Waals surface area contributed by atoms with Crippen LogP contribution in [0.1, 0.15) is 37.4 Å². The van der Waals surface area contributed by atoms with Crippen LogP contribution in [0.15, 0.2) is 18.3 Å². The zero-order valence-corrected chi connectivity index (χ0v) is 11.8. The first-order valence-electron chi connectivity index (χ1n) is 6.72. The fraction of sp³-hybridized carbons (Fsp3) is 0.500. The number of urea groups is 1. The predicted octanol–water partition coefficient (Wildman–Crippen LogP) is 1.83. The van der Waals surface area contributed by atoms with Crippen LogP contribution in [0.5, 0.6) is 0 Å². The number of hydrogen-bond acceptors (Lipinski definition) is 3. The number of aryl methyl sites for hydroxylation is 1. The fourth-order valence-electron chi connectivity index (χ4n) is 1.74. The average Bonchev–Trinajstić information content (AvgIpc) is 2.42. The van der Waals surface area contributed by atoms with E-state index >= 15 is 0 Å². The summed E-state index contributed by atoms with van der Waals surface area (Å²) in [5, 5.41) is 14.1. The first kappa shape index (κ1) is 15.9. The predicted molar refractivity (Wildman–Crippen MR) is 75.3 cm³/mol. The summed E-state index contributed by atoms with van der Waals surface area (Å²) in [6.07, 6.45) is 3.74. The number of hydrogen-bond donors (Lipinski definition) is 3.